The number of benzene rings is 1. The highest BCUT2D eigenvalue weighted by Crippen LogP contribution is 2.26. The Morgan fingerprint density at radius 3 is 2.30 bits per heavy atom. The molecule has 1 aromatic carbocycles. The molecule has 0 bridgehead atoms. The molecule has 1 rings (SSSR count). The van der Waals surface area contributed by atoms with Crippen LogP contribution >= 0.6 is 0 Å². The highest BCUT2D eigenvalue weighted by Gasteiger charge is 2.28. The van der Waals surface area contributed by atoms with Crippen LogP contribution in [0.4, 0.5) is 5.69 Å². The average molecular weight is 344 g/mol. The number of sulfonamides is 1. The molecule has 1 aromatic rings. The number of nitro groups is 1. The number of rotatable bonds is 7. The minimum Gasteiger partial charge on any atom is -0.480 e. The number of nitrogens with zero attached hydrogens (tertiary/aromatic N) is 1. The van der Waals surface area contributed by atoms with Crippen molar-refractivity contribution >= 4 is 21.7 Å². The average Bonchev–Trinajstić information content (AvgIpc) is 2.38. The Bertz CT molecular complexity index is 727. The van der Waals surface area contributed by atoms with Crippen molar-refractivity contribution in [1.82, 2.24) is 4.72 Å². The lowest BCUT2D eigenvalue weighted by molar-refractivity contribution is -0.385. The van der Waals surface area contributed by atoms with Crippen LogP contribution in [0.3, 0.4) is 0 Å². The normalized spacial score (nSPS) is 13.1. The van der Waals surface area contributed by atoms with E-state index >= 15 is 0 Å². The summed E-state index contributed by atoms with van der Waals surface area (Å²) in [6.45, 7) is 6.43. The molecule has 0 aliphatic carbocycles. The topological polar surface area (TPSA) is 127 Å². The summed E-state index contributed by atoms with van der Waals surface area (Å²) in [4.78, 5) is 21.4. The summed E-state index contributed by atoms with van der Waals surface area (Å²) in [7, 11) is -4.10. The van der Waals surface area contributed by atoms with Gasteiger partial charge >= 0.3 is 5.97 Å². The van der Waals surface area contributed by atoms with Crippen LogP contribution in [-0.2, 0) is 14.8 Å². The fourth-order valence-electron chi connectivity index (χ4n) is 2.18. The van der Waals surface area contributed by atoms with E-state index in [1.165, 1.54) is 26.0 Å². The summed E-state index contributed by atoms with van der Waals surface area (Å²) < 4.78 is 27.0. The first-order valence-electron chi connectivity index (χ1n) is 6.96. The van der Waals surface area contributed by atoms with Crippen LogP contribution in [0, 0.1) is 29.9 Å². The molecule has 0 saturated heterocycles. The summed E-state index contributed by atoms with van der Waals surface area (Å²) in [6.07, 6.45) is 0.138. The number of hydrogen-bond donors (Lipinski definition) is 2. The van der Waals surface area contributed by atoms with Gasteiger partial charge in [0.25, 0.3) is 5.69 Å². The zero-order valence-corrected chi connectivity index (χ0v) is 14.2. The Morgan fingerprint density at radius 2 is 1.87 bits per heavy atom. The summed E-state index contributed by atoms with van der Waals surface area (Å²) in [5.41, 5.74) is 0.193. The summed E-state index contributed by atoms with van der Waals surface area (Å²) >= 11 is 0. The zero-order chi connectivity index (χ0) is 17.9. The van der Waals surface area contributed by atoms with Crippen LogP contribution in [-0.4, -0.2) is 30.5 Å². The predicted octanol–water partition coefficient (Wildman–Crippen LogP) is 1.99. The van der Waals surface area contributed by atoms with E-state index in [2.05, 4.69) is 4.72 Å². The lowest BCUT2D eigenvalue weighted by Gasteiger charge is -2.17. The van der Waals surface area contributed by atoms with Crippen molar-refractivity contribution in [2.75, 3.05) is 0 Å². The Balaban J connectivity index is 3.25. The molecular weight excluding hydrogens is 324 g/mol. The van der Waals surface area contributed by atoms with E-state index in [0.29, 0.717) is 0 Å². The first-order chi connectivity index (χ1) is 10.5. The van der Waals surface area contributed by atoms with Crippen LogP contribution in [0.5, 0.6) is 0 Å². The molecule has 2 N–H and O–H groups in total. The minimum atomic E-state index is -4.10. The standard InChI is InChI=1S/C14H20N2O6S/c1-8(2)5-11(14(17)18)15-23(21,22)13-7-9(3)12(16(19)20)6-10(13)4/h6-8,11,15H,5H2,1-4H3,(H,17,18)/t11-/m1/s1. The van der Waals surface area contributed by atoms with Crippen molar-refractivity contribution in [2.45, 2.75) is 45.1 Å². The van der Waals surface area contributed by atoms with Gasteiger partial charge in [-0.25, -0.2) is 8.42 Å². The molecule has 1 atom stereocenters. The quantitative estimate of drug-likeness (QED) is 0.575. The fourth-order valence-corrected chi connectivity index (χ4v) is 3.70. The van der Waals surface area contributed by atoms with E-state index < -0.39 is 27.0 Å². The van der Waals surface area contributed by atoms with Crippen molar-refractivity contribution in [2.24, 2.45) is 5.92 Å². The van der Waals surface area contributed by atoms with E-state index in [4.69, 9.17) is 5.11 Å². The summed E-state index contributed by atoms with van der Waals surface area (Å²) in [5.74, 6) is -1.28. The number of nitro benzene ring substituents is 1. The van der Waals surface area contributed by atoms with Gasteiger partial charge in [-0.1, -0.05) is 13.8 Å². The number of aryl methyl sites for hydroxylation is 2. The zero-order valence-electron chi connectivity index (χ0n) is 13.4. The Hall–Kier alpha value is -2.00. The van der Waals surface area contributed by atoms with Crippen LogP contribution in [0.15, 0.2) is 17.0 Å². The molecule has 9 heteroatoms. The molecule has 0 saturated carbocycles. The molecule has 8 nitrogen and oxygen atoms in total. The van der Waals surface area contributed by atoms with E-state index in [-0.39, 0.29) is 34.0 Å². The third-order valence-electron chi connectivity index (χ3n) is 3.28. The molecule has 0 aliphatic heterocycles. The van der Waals surface area contributed by atoms with Gasteiger partial charge < -0.3 is 5.11 Å². The molecule has 0 unspecified atom stereocenters. The minimum absolute atomic E-state index is 0.0153. The van der Waals surface area contributed by atoms with Crippen molar-refractivity contribution < 1.29 is 23.2 Å². The summed E-state index contributed by atoms with van der Waals surface area (Å²) in [5, 5.41) is 20.0. The lowest BCUT2D eigenvalue weighted by Crippen LogP contribution is -2.41. The second-order valence-electron chi connectivity index (χ2n) is 5.80. The Morgan fingerprint density at radius 1 is 1.30 bits per heavy atom. The number of carbonyl (C=O) groups is 1. The Kier molecular flexibility index (Phi) is 5.84. The van der Waals surface area contributed by atoms with Crippen molar-refractivity contribution in [1.29, 1.82) is 0 Å². The molecular formula is C14H20N2O6S. The van der Waals surface area contributed by atoms with Gasteiger partial charge in [0, 0.05) is 11.6 Å². The van der Waals surface area contributed by atoms with Crippen molar-refractivity contribution in [3.05, 3.63) is 33.4 Å². The maximum atomic E-state index is 12.4. The Labute approximate surface area is 134 Å². The third kappa shape index (κ3) is 4.73. The number of carboxylic acid groups (broad SMARTS) is 1. The van der Waals surface area contributed by atoms with Gasteiger partial charge in [0.2, 0.25) is 10.0 Å². The van der Waals surface area contributed by atoms with Gasteiger partial charge in [-0.15, -0.1) is 0 Å². The van der Waals surface area contributed by atoms with Gasteiger partial charge in [0.1, 0.15) is 6.04 Å². The number of nitrogens with one attached hydrogen (secondary N) is 1. The second kappa shape index (κ2) is 7.05. The predicted molar refractivity (Wildman–Crippen MR) is 83.8 cm³/mol. The van der Waals surface area contributed by atoms with E-state index in [1.807, 2.05) is 0 Å². The molecule has 0 radical (unpaired) electrons. The molecule has 0 fully saturated rings. The molecule has 0 spiro atoms. The maximum Gasteiger partial charge on any atom is 0.321 e. The highest BCUT2D eigenvalue weighted by molar-refractivity contribution is 7.89. The first kappa shape index (κ1) is 19.0. The number of hydrogen-bond acceptors (Lipinski definition) is 5. The maximum absolute atomic E-state index is 12.4. The van der Waals surface area contributed by atoms with Gasteiger partial charge in [-0.05, 0) is 37.8 Å². The molecule has 0 aromatic heterocycles. The first-order valence-corrected chi connectivity index (χ1v) is 8.44. The lowest BCUT2D eigenvalue weighted by atomic mass is 10.1. The monoisotopic (exact) mass is 344 g/mol. The van der Waals surface area contributed by atoms with Crippen LogP contribution in [0.1, 0.15) is 31.4 Å². The third-order valence-corrected chi connectivity index (χ3v) is 4.90. The van der Waals surface area contributed by atoms with Crippen LogP contribution < -0.4 is 4.72 Å². The van der Waals surface area contributed by atoms with Gasteiger partial charge in [0.15, 0.2) is 0 Å². The second-order valence-corrected chi connectivity index (χ2v) is 7.49. The van der Waals surface area contributed by atoms with Gasteiger partial charge in [0.05, 0.1) is 9.82 Å². The van der Waals surface area contributed by atoms with Gasteiger partial charge in [-0.3, -0.25) is 14.9 Å². The van der Waals surface area contributed by atoms with Crippen molar-refractivity contribution in [3.63, 3.8) is 0 Å². The SMILES string of the molecule is Cc1cc(S(=O)(=O)N[C@H](CC(C)C)C(=O)O)c(C)cc1[N+](=O)[O-]. The smallest absolute Gasteiger partial charge is 0.321 e. The fraction of sp³-hybridized carbons (Fsp3) is 0.500. The molecule has 0 amide bonds. The summed E-state index contributed by atoms with van der Waals surface area (Å²) in [6, 6.07) is 1.10. The van der Waals surface area contributed by atoms with Crippen LogP contribution in [0.2, 0.25) is 0 Å². The molecule has 23 heavy (non-hydrogen) atoms. The molecule has 0 heterocycles. The number of carboxylic acids is 1. The van der Waals surface area contributed by atoms with Crippen molar-refractivity contribution in [3.8, 4) is 0 Å². The molecule has 0 aliphatic rings. The van der Waals surface area contributed by atoms with E-state index in [0.717, 1.165) is 0 Å². The van der Waals surface area contributed by atoms with E-state index in [1.54, 1.807) is 13.8 Å². The van der Waals surface area contributed by atoms with Crippen LogP contribution in [0.25, 0.3) is 0 Å². The van der Waals surface area contributed by atoms with Gasteiger partial charge in [-0.2, -0.15) is 4.72 Å². The molecule has 128 valence electrons. The number of aliphatic carboxylic acids is 1. The highest BCUT2D eigenvalue weighted by atomic mass is 32.2. The van der Waals surface area contributed by atoms with E-state index in [9.17, 15) is 23.3 Å². The largest absolute Gasteiger partial charge is 0.480 e.